The highest BCUT2D eigenvalue weighted by atomic mass is 32.1. The highest BCUT2D eigenvalue weighted by Gasteiger charge is 2.26. The zero-order chi connectivity index (χ0) is 13.4. The number of rotatable bonds is 3. The van der Waals surface area contributed by atoms with Crippen molar-refractivity contribution >= 4 is 21.4 Å². The van der Waals surface area contributed by atoms with Gasteiger partial charge in [-0.05, 0) is 49.2 Å². The molecule has 0 spiro atoms. The van der Waals surface area contributed by atoms with Crippen molar-refractivity contribution < 1.29 is 5.11 Å². The molecule has 2 unspecified atom stereocenters. The van der Waals surface area contributed by atoms with E-state index in [0.717, 1.165) is 24.9 Å². The Balaban J connectivity index is 2.07. The smallest absolute Gasteiger partial charge is 0.0956 e. The normalized spacial score (nSPS) is 21.1. The van der Waals surface area contributed by atoms with Crippen LogP contribution in [0, 0.1) is 6.92 Å². The summed E-state index contributed by atoms with van der Waals surface area (Å²) in [6, 6.07) is 6.56. The molecule has 3 heteroatoms. The van der Waals surface area contributed by atoms with E-state index in [1.54, 1.807) is 0 Å². The first-order valence-electron chi connectivity index (χ1n) is 7.14. The van der Waals surface area contributed by atoms with Crippen LogP contribution < -0.4 is 5.32 Å². The van der Waals surface area contributed by atoms with Gasteiger partial charge in [0.1, 0.15) is 0 Å². The number of aliphatic hydroxyl groups is 1. The van der Waals surface area contributed by atoms with Gasteiger partial charge in [-0.2, -0.15) is 0 Å². The Hall–Kier alpha value is -0.900. The molecular weight excluding hydrogens is 254 g/mol. The summed E-state index contributed by atoms with van der Waals surface area (Å²) in [5.74, 6) is 0. The fraction of sp³-hybridized carbons (Fsp3) is 0.500. The van der Waals surface area contributed by atoms with Crippen molar-refractivity contribution in [1.29, 1.82) is 0 Å². The monoisotopic (exact) mass is 275 g/mol. The van der Waals surface area contributed by atoms with Gasteiger partial charge in [0.05, 0.1) is 6.10 Å². The second-order valence-electron chi connectivity index (χ2n) is 5.38. The molecule has 0 bridgehead atoms. The Labute approximate surface area is 118 Å². The number of aryl methyl sites for hydroxylation is 2. The highest BCUT2D eigenvalue weighted by Crippen LogP contribution is 2.37. The van der Waals surface area contributed by atoms with Crippen molar-refractivity contribution in [3.63, 3.8) is 0 Å². The van der Waals surface area contributed by atoms with E-state index in [9.17, 15) is 5.11 Å². The van der Waals surface area contributed by atoms with Crippen LogP contribution in [0.3, 0.4) is 0 Å². The van der Waals surface area contributed by atoms with Crippen LogP contribution >= 0.6 is 11.3 Å². The molecule has 2 atom stereocenters. The molecule has 102 valence electrons. The largest absolute Gasteiger partial charge is 0.387 e. The lowest BCUT2D eigenvalue weighted by atomic mass is 9.99. The molecule has 1 aliphatic heterocycles. The number of thiophene rings is 1. The van der Waals surface area contributed by atoms with E-state index in [0.29, 0.717) is 0 Å². The lowest BCUT2D eigenvalue weighted by Gasteiger charge is -2.19. The van der Waals surface area contributed by atoms with Crippen LogP contribution in [0.1, 0.15) is 41.9 Å². The van der Waals surface area contributed by atoms with E-state index in [-0.39, 0.29) is 12.1 Å². The number of fused-ring (bicyclic) bond motifs is 1. The predicted molar refractivity (Wildman–Crippen MR) is 81.9 cm³/mol. The van der Waals surface area contributed by atoms with E-state index in [1.807, 2.05) is 11.3 Å². The van der Waals surface area contributed by atoms with Crippen molar-refractivity contribution in [2.75, 3.05) is 6.54 Å². The van der Waals surface area contributed by atoms with E-state index >= 15 is 0 Å². The second kappa shape index (κ2) is 5.23. The molecule has 2 heterocycles. The van der Waals surface area contributed by atoms with Crippen LogP contribution in [0.2, 0.25) is 0 Å². The fourth-order valence-corrected chi connectivity index (χ4v) is 4.37. The van der Waals surface area contributed by atoms with E-state index < -0.39 is 0 Å². The molecule has 1 aromatic carbocycles. The maximum Gasteiger partial charge on any atom is 0.0956 e. The molecule has 2 nitrogen and oxygen atoms in total. The van der Waals surface area contributed by atoms with Gasteiger partial charge >= 0.3 is 0 Å². The highest BCUT2D eigenvalue weighted by molar-refractivity contribution is 7.19. The Morgan fingerprint density at radius 2 is 2.32 bits per heavy atom. The Kier molecular flexibility index (Phi) is 3.61. The molecule has 1 aliphatic rings. The van der Waals surface area contributed by atoms with Crippen molar-refractivity contribution in [2.45, 2.75) is 45.3 Å². The van der Waals surface area contributed by atoms with Crippen molar-refractivity contribution in [2.24, 2.45) is 0 Å². The second-order valence-corrected chi connectivity index (χ2v) is 6.48. The number of hydrogen-bond donors (Lipinski definition) is 2. The maximum atomic E-state index is 10.6. The summed E-state index contributed by atoms with van der Waals surface area (Å²) < 4.78 is 1.28. The first-order chi connectivity index (χ1) is 9.22. The van der Waals surface area contributed by atoms with Crippen LogP contribution in [0.25, 0.3) is 10.1 Å². The summed E-state index contributed by atoms with van der Waals surface area (Å²) in [7, 11) is 0. The zero-order valence-corrected chi connectivity index (χ0v) is 12.4. The molecule has 19 heavy (non-hydrogen) atoms. The summed E-state index contributed by atoms with van der Waals surface area (Å²) in [6.07, 6.45) is 2.93. The number of aliphatic hydroxyl groups excluding tert-OH is 1. The number of hydrogen-bond acceptors (Lipinski definition) is 3. The quantitative estimate of drug-likeness (QED) is 0.897. The Morgan fingerprint density at radius 1 is 1.47 bits per heavy atom. The first-order valence-corrected chi connectivity index (χ1v) is 7.96. The molecule has 0 radical (unpaired) electrons. The first kappa shape index (κ1) is 13.1. The van der Waals surface area contributed by atoms with Gasteiger partial charge in [0.15, 0.2) is 0 Å². The van der Waals surface area contributed by atoms with Gasteiger partial charge in [-0.3, -0.25) is 0 Å². The van der Waals surface area contributed by atoms with Crippen LogP contribution in [-0.4, -0.2) is 17.7 Å². The third-order valence-corrected chi connectivity index (χ3v) is 5.71. The third-order valence-electron chi connectivity index (χ3n) is 4.21. The summed E-state index contributed by atoms with van der Waals surface area (Å²) in [4.78, 5) is 1.44. The minimum absolute atomic E-state index is 0.220. The molecule has 0 amide bonds. The average molecular weight is 275 g/mol. The van der Waals surface area contributed by atoms with Gasteiger partial charge < -0.3 is 10.4 Å². The zero-order valence-electron chi connectivity index (χ0n) is 11.6. The molecule has 2 N–H and O–H groups in total. The summed E-state index contributed by atoms with van der Waals surface area (Å²) in [5, 5.41) is 15.4. The van der Waals surface area contributed by atoms with E-state index in [2.05, 4.69) is 37.4 Å². The van der Waals surface area contributed by atoms with Crippen LogP contribution in [0.4, 0.5) is 0 Å². The topological polar surface area (TPSA) is 32.3 Å². The fourth-order valence-electron chi connectivity index (χ4n) is 3.08. The molecule has 0 saturated carbocycles. The number of benzene rings is 1. The van der Waals surface area contributed by atoms with Crippen molar-refractivity contribution in [3.05, 3.63) is 34.2 Å². The standard InChI is InChI=1S/C16H21NOS/c1-3-14-10(2)11-6-4-7-12(16(11)19-14)15(18)13-8-5-9-17-13/h4,6-7,13,15,17-18H,3,5,8-9H2,1-2H3. The van der Waals surface area contributed by atoms with Crippen LogP contribution in [0.5, 0.6) is 0 Å². The lowest BCUT2D eigenvalue weighted by Crippen LogP contribution is -2.28. The molecule has 1 saturated heterocycles. The van der Waals surface area contributed by atoms with Gasteiger partial charge in [-0.15, -0.1) is 11.3 Å². The predicted octanol–water partition coefficient (Wildman–Crippen LogP) is 3.56. The van der Waals surface area contributed by atoms with E-state index in [4.69, 9.17) is 0 Å². The molecular formula is C16H21NOS. The molecule has 3 rings (SSSR count). The minimum atomic E-state index is -0.381. The van der Waals surface area contributed by atoms with Gasteiger partial charge in [0.25, 0.3) is 0 Å². The lowest BCUT2D eigenvalue weighted by molar-refractivity contribution is 0.139. The molecule has 1 aromatic heterocycles. The minimum Gasteiger partial charge on any atom is -0.387 e. The van der Waals surface area contributed by atoms with Gasteiger partial charge in [0.2, 0.25) is 0 Å². The van der Waals surface area contributed by atoms with Gasteiger partial charge in [0, 0.05) is 15.6 Å². The number of nitrogens with one attached hydrogen (secondary N) is 1. The average Bonchev–Trinajstić information content (AvgIpc) is 3.06. The van der Waals surface area contributed by atoms with Crippen molar-refractivity contribution in [1.82, 2.24) is 5.32 Å². The van der Waals surface area contributed by atoms with Crippen LogP contribution in [-0.2, 0) is 6.42 Å². The third kappa shape index (κ3) is 2.20. The summed E-state index contributed by atoms with van der Waals surface area (Å²) in [6.45, 7) is 5.43. The van der Waals surface area contributed by atoms with Gasteiger partial charge in [-0.1, -0.05) is 25.1 Å². The Morgan fingerprint density at radius 3 is 3.00 bits per heavy atom. The van der Waals surface area contributed by atoms with E-state index in [1.165, 1.54) is 26.9 Å². The van der Waals surface area contributed by atoms with Gasteiger partial charge in [-0.25, -0.2) is 0 Å². The summed E-state index contributed by atoms with van der Waals surface area (Å²) in [5.41, 5.74) is 2.49. The molecule has 0 aliphatic carbocycles. The van der Waals surface area contributed by atoms with Crippen LogP contribution in [0.15, 0.2) is 18.2 Å². The molecule has 2 aromatic rings. The molecule has 1 fully saturated rings. The Bertz CT molecular complexity index is 584. The summed E-state index contributed by atoms with van der Waals surface area (Å²) >= 11 is 1.85. The SMILES string of the molecule is CCc1sc2c(C(O)C3CCCN3)cccc2c1C. The van der Waals surface area contributed by atoms with Crippen molar-refractivity contribution in [3.8, 4) is 0 Å². The maximum absolute atomic E-state index is 10.6.